The molecule has 1 fully saturated rings. The van der Waals surface area contributed by atoms with E-state index in [1.807, 2.05) is 26.2 Å². The number of nitrogens with zero attached hydrogens (tertiary/aromatic N) is 1. The normalized spacial score (nSPS) is 20.2. The second-order valence-electron chi connectivity index (χ2n) is 5.55. The maximum Gasteiger partial charge on any atom is 0.240 e. The van der Waals surface area contributed by atoms with E-state index in [1.54, 1.807) is 12.1 Å². The summed E-state index contributed by atoms with van der Waals surface area (Å²) in [4.78, 5) is 2.39. The van der Waals surface area contributed by atoms with Crippen LogP contribution in [0.25, 0.3) is 0 Å². The summed E-state index contributed by atoms with van der Waals surface area (Å²) < 4.78 is 27.3. The minimum absolute atomic E-state index is 0.00444. The molecule has 0 aromatic heterocycles. The van der Waals surface area contributed by atoms with Crippen LogP contribution in [0, 0.1) is 0 Å². The molecule has 0 spiro atoms. The van der Waals surface area contributed by atoms with Gasteiger partial charge in [-0.3, -0.25) is 0 Å². The number of rotatable bonds is 5. The highest BCUT2D eigenvalue weighted by Gasteiger charge is 2.21. The van der Waals surface area contributed by atoms with Crippen molar-refractivity contribution >= 4 is 10.0 Å². The van der Waals surface area contributed by atoms with Gasteiger partial charge in [0.1, 0.15) is 0 Å². The maximum atomic E-state index is 12.3. The monoisotopic (exact) mass is 297 g/mol. The number of hydrogen-bond donors (Lipinski definition) is 2. The predicted octanol–water partition coefficient (Wildman–Crippen LogP) is 0.779. The van der Waals surface area contributed by atoms with E-state index in [2.05, 4.69) is 14.9 Å². The smallest absolute Gasteiger partial charge is 0.240 e. The van der Waals surface area contributed by atoms with Crippen molar-refractivity contribution in [3.05, 3.63) is 29.8 Å². The van der Waals surface area contributed by atoms with E-state index >= 15 is 0 Å². The van der Waals surface area contributed by atoms with Crippen LogP contribution >= 0.6 is 0 Å². The van der Waals surface area contributed by atoms with Crippen LogP contribution in [0.1, 0.15) is 18.4 Å². The van der Waals surface area contributed by atoms with Crippen LogP contribution in [0.3, 0.4) is 0 Å². The molecule has 1 heterocycles. The summed E-state index contributed by atoms with van der Waals surface area (Å²) in [6.07, 6.45) is 1.90. The SMILES string of the molecule is CN(C)Cc1ccc(S(=O)(=O)NC2CCCNC2)cc1. The minimum atomic E-state index is -3.41. The standard InChI is InChI=1S/C14H23N3O2S/c1-17(2)11-12-5-7-14(8-6-12)20(18,19)16-13-4-3-9-15-10-13/h5-8,13,15-16H,3-4,9-11H2,1-2H3. The number of nitrogens with one attached hydrogen (secondary N) is 2. The Hall–Kier alpha value is -0.950. The molecule has 2 rings (SSSR count). The molecule has 2 N–H and O–H groups in total. The maximum absolute atomic E-state index is 12.3. The largest absolute Gasteiger partial charge is 0.315 e. The molecule has 1 aromatic carbocycles. The second-order valence-corrected chi connectivity index (χ2v) is 7.26. The molecular weight excluding hydrogens is 274 g/mol. The molecule has 0 aliphatic carbocycles. The lowest BCUT2D eigenvalue weighted by atomic mass is 10.1. The molecule has 6 heteroatoms. The number of sulfonamides is 1. The molecule has 5 nitrogen and oxygen atoms in total. The average molecular weight is 297 g/mol. The van der Waals surface area contributed by atoms with Gasteiger partial charge in [0.15, 0.2) is 0 Å². The third kappa shape index (κ3) is 4.28. The second kappa shape index (κ2) is 6.67. The van der Waals surface area contributed by atoms with Crippen molar-refractivity contribution in [2.75, 3.05) is 27.2 Å². The van der Waals surface area contributed by atoms with E-state index < -0.39 is 10.0 Å². The van der Waals surface area contributed by atoms with Crippen LogP contribution in [-0.2, 0) is 16.6 Å². The Kier molecular flexibility index (Phi) is 5.15. The van der Waals surface area contributed by atoms with Crippen LogP contribution in [0.2, 0.25) is 0 Å². The van der Waals surface area contributed by atoms with Crippen molar-refractivity contribution in [2.24, 2.45) is 0 Å². The van der Waals surface area contributed by atoms with Gasteiger partial charge in [0.05, 0.1) is 4.90 Å². The molecule has 1 atom stereocenters. The van der Waals surface area contributed by atoms with Gasteiger partial charge in [0, 0.05) is 19.1 Å². The van der Waals surface area contributed by atoms with Crippen LogP contribution in [-0.4, -0.2) is 46.5 Å². The molecule has 0 bridgehead atoms. The zero-order valence-corrected chi connectivity index (χ0v) is 12.9. The van der Waals surface area contributed by atoms with Gasteiger partial charge >= 0.3 is 0 Å². The van der Waals surface area contributed by atoms with Crippen molar-refractivity contribution in [1.82, 2.24) is 14.9 Å². The van der Waals surface area contributed by atoms with Crippen molar-refractivity contribution < 1.29 is 8.42 Å². The first kappa shape index (κ1) is 15.4. The lowest BCUT2D eigenvalue weighted by molar-refractivity contribution is 0.402. The Bertz CT molecular complexity index is 520. The highest BCUT2D eigenvalue weighted by molar-refractivity contribution is 7.89. The van der Waals surface area contributed by atoms with Gasteiger partial charge in [-0.05, 0) is 51.2 Å². The van der Waals surface area contributed by atoms with Gasteiger partial charge in [-0.15, -0.1) is 0 Å². The van der Waals surface area contributed by atoms with Gasteiger partial charge in [-0.25, -0.2) is 13.1 Å². The number of benzene rings is 1. The number of piperidine rings is 1. The topological polar surface area (TPSA) is 61.4 Å². The van der Waals surface area contributed by atoms with E-state index in [0.29, 0.717) is 11.4 Å². The minimum Gasteiger partial charge on any atom is -0.315 e. The van der Waals surface area contributed by atoms with E-state index in [0.717, 1.165) is 31.5 Å². The molecule has 1 aliphatic rings. The first-order valence-electron chi connectivity index (χ1n) is 6.94. The van der Waals surface area contributed by atoms with Gasteiger partial charge < -0.3 is 10.2 Å². The highest BCUT2D eigenvalue weighted by atomic mass is 32.2. The van der Waals surface area contributed by atoms with Crippen LogP contribution < -0.4 is 10.0 Å². The van der Waals surface area contributed by atoms with Crippen molar-refractivity contribution in [2.45, 2.75) is 30.3 Å². The fraction of sp³-hybridized carbons (Fsp3) is 0.571. The van der Waals surface area contributed by atoms with E-state index in [9.17, 15) is 8.42 Å². The Balaban J connectivity index is 2.04. The van der Waals surface area contributed by atoms with Crippen LogP contribution in [0.15, 0.2) is 29.2 Å². The molecule has 1 saturated heterocycles. The summed E-state index contributed by atoms with van der Waals surface area (Å²) in [5, 5.41) is 3.21. The molecule has 0 saturated carbocycles. The molecule has 1 aliphatic heterocycles. The zero-order chi connectivity index (χ0) is 14.6. The van der Waals surface area contributed by atoms with Crippen molar-refractivity contribution in [3.63, 3.8) is 0 Å². The van der Waals surface area contributed by atoms with Gasteiger partial charge in [0.2, 0.25) is 10.0 Å². The first-order chi connectivity index (χ1) is 9.47. The van der Waals surface area contributed by atoms with Crippen LogP contribution in [0.5, 0.6) is 0 Å². The third-order valence-corrected chi connectivity index (χ3v) is 4.89. The molecule has 0 amide bonds. The lowest BCUT2D eigenvalue weighted by Gasteiger charge is -2.23. The fourth-order valence-electron chi connectivity index (χ4n) is 2.38. The Morgan fingerprint density at radius 1 is 1.30 bits per heavy atom. The molecule has 20 heavy (non-hydrogen) atoms. The Morgan fingerprint density at radius 2 is 2.00 bits per heavy atom. The van der Waals surface area contributed by atoms with Crippen molar-refractivity contribution in [1.29, 1.82) is 0 Å². The summed E-state index contributed by atoms with van der Waals surface area (Å²) in [5.41, 5.74) is 1.10. The van der Waals surface area contributed by atoms with Crippen molar-refractivity contribution in [3.8, 4) is 0 Å². The molecule has 112 valence electrons. The third-order valence-electron chi connectivity index (χ3n) is 3.35. The zero-order valence-electron chi connectivity index (χ0n) is 12.1. The summed E-state index contributed by atoms with van der Waals surface area (Å²) in [6, 6.07) is 7.09. The van der Waals surface area contributed by atoms with Gasteiger partial charge in [0.25, 0.3) is 0 Å². The van der Waals surface area contributed by atoms with Gasteiger partial charge in [-0.1, -0.05) is 12.1 Å². The van der Waals surface area contributed by atoms with E-state index in [-0.39, 0.29) is 6.04 Å². The summed E-state index contributed by atoms with van der Waals surface area (Å²) >= 11 is 0. The quantitative estimate of drug-likeness (QED) is 0.843. The fourth-order valence-corrected chi connectivity index (χ4v) is 3.65. The van der Waals surface area contributed by atoms with E-state index in [1.165, 1.54) is 0 Å². The molecular formula is C14H23N3O2S. The lowest BCUT2D eigenvalue weighted by Crippen LogP contribution is -2.45. The Morgan fingerprint density at radius 3 is 2.55 bits per heavy atom. The summed E-state index contributed by atoms with van der Waals surface area (Å²) in [7, 11) is 0.568. The molecule has 0 radical (unpaired) electrons. The Labute approximate surface area is 121 Å². The van der Waals surface area contributed by atoms with E-state index in [4.69, 9.17) is 0 Å². The van der Waals surface area contributed by atoms with Gasteiger partial charge in [-0.2, -0.15) is 0 Å². The van der Waals surface area contributed by atoms with Crippen LogP contribution in [0.4, 0.5) is 0 Å². The molecule has 1 unspecified atom stereocenters. The average Bonchev–Trinajstić information content (AvgIpc) is 2.39. The molecule has 1 aromatic rings. The predicted molar refractivity (Wildman–Crippen MR) is 80.0 cm³/mol. The first-order valence-corrected chi connectivity index (χ1v) is 8.42. The number of hydrogen-bond acceptors (Lipinski definition) is 4. The summed E-state index contributed by atoms with van der Waals surface area (Å²) in [5.74, 6) is 0. The highest BCUT2D eigenvalue weighted by Crippen LogP contribution is 2.13. The summed E-state index contributed by atoms with van der Waals surface area (Å²) in [6.45, 7) is 2.48.